The predicted molar refractivity (Wildman–Crippen MR) is 81.9 cm³/mol. The van der Waals surface area contributed by atoms with Gasteiger partial charge in [0.05, 0.1) is 10.0 Å². The van der Waals surface area contributed by atoms with E-state index >= 15 is 0 Å². The molecule has 0 saturated heterocycles. The minimum absolute atomic E-state index is 0.103. The Balaban J connectivity index is 2.65. The van der Waals surface area contributed by atoms with Crippen molar-refractivity contribution in [2.24, 2.45) is 5.92 Å². The second kappa shape index (κ2) is 6.93. The standard InChI is InChI=1S/C12H14Cl2N2O2S/c1-6(2)3-10(17)16-12(19)15-7-4-8(13)11(18)9(14)5-7/h4-6,18H,3H2,1-2H3,(H2,15,16,17,19). The summed E-state index contributed by atoms with van der Waals surface area (Å²) in [6.07, 6.45) is 0.388. The number of phenolic OH excluding ortho intramolecular Hbond substituents is 1. The summed E-state index contributed by atoms with van der Waals surface area (Å²) in [7, 11) is 0. The molecule has 4 nitrogen and oxygen atoms in total. The highest BCUT2D eigenvalue weighted by Crippen LogP contribution is 2.34. The Kier molecular flexibility index (Phi) is 5.85. The van der Waals surface area contributed by atoms with E-state index in [1.54, 1.807) is 0 Å². The van der Waals surface area contributed by atoms with Gasteiger partial charge in [0.25, 0.3) is 0 Å². The molecule has 0 aliphatic heterocycles. The van der Waals surface area contributed by atoms with Gasteiger partial charge in [-0.2, -0.15) is 0 Å². The van der Waals surface area contributed by atoms with Gasteiger partial charge in [-0.25, -0.2) is 0 Å². The van der Waals surface area contributed by atoms with Crippen LogP contribution >= 0.6 is 35.4 Å². The van der Waals surface area contributed by atoms with Gasteiger partial charge in [-0.1, -0.05) is 37.0 Å². The molecule has 0 fully saturated rings. The van der Waals surface area contributed by atoms with Gasteiger partial charge in [-0.15, -0.1) is 0 Å². The minimum atomic E-state index is -0.191. The van der Waals surface area contributed by atoms with Gasteiger partial charge in [0.2, 0.25) is 5.91 Å². The molecule has 0 radical (unpaired) electrons. The maximum absolute atomic E-state index is 11.5. The topological polar surface area (TPSA) is 61.4 Å². The molecule has 1 rings (SSSR count). The van der Waals surface area contributed by atoms with Crippen LogP contribution in [0.1, 0.15) is 20.3 Å². The SMILES string of the molecule is CC(C)CC(=O)NC(=S)Nc1cc(Cl)c(O)c(Cl)c1. The number of phenols is 1. The molecule has 0 aromatic heterocycles. The van der Waals surface area contributed by atoms with Gasteiger partial charge in [-0.05, 0) is 30.3 Å². The highest BCUT2D eigenvalue weighted by molar-refractivity contribution is 7.80. The van der Waals surface area contributed by atoms with Crippen LogP contribution in [0.3, 0.4) is 0 Å². The minimum Gasteiger partial charge on any atom is -0.505 e. The van der Waals surface area contributed by atoms with E-state index in [1.807, 2.05) is 13.8 Å². The molecule has 0 unspecified atom stereocenters. The molecule has 0 saturated carbocycles. The largest absolute Gasteiger partial charge is 0.505 e. The Morgan fingerprint density at radius 3 is 2.37 bits per heavy atom. The van der Waals surface area contributed by atoms with E-state index in [2.05, 4.69) is 10.6 Å². The van der Waals surface area contributed by atoms with Crippen molar-refractivity contribution in [3.05, 3.63) is 22.2 Å². The van der Waals surface area contributed by atoms with Crippen LogP contribution in [0.25, 0.3) is 0 Å². The smallest absolute Gasteiger partial charge is 0.226 e. The van der Waals surface area contributed by atoms with Crippen LogP contribution in [0, 0.1) is 5.92 Å². The molecule has 0 aliphatic carbocycles. The fraction of sp³-hybridized carbons (Fsp3) is 0.333. The van der Waals surface area contributed by atoms with Crippen molar-refractivity contribution in [1.82, 2.24) is 5.32 Å². The Morgan fingerprint density at radius 1 is 1.37 bits per heavy atom. The summed E-state index contributed by atoms with van der Waals surface area (Å²) in [4.78, 5) is 11.5. The number of rotatable bonds is 3. The summed E-state index contributed by atoms with van der Waals surface area (Å²) in [6.45, 7) is 3.88. The number of benzene rings is 1. The summed E-state index contributed by atoms with van der Waals surface area (Å²) < 4.78 is 0. The molecular weight excluding hydrogens is 307 g/mol. The molecule has 0 atom stereocenters. The Hall–Kier alpha value is -1.04. The molecule has 1 aromatic carbocycles. The summed E-state index contributed by atoms with van der Waals surface area (Å²) in [5, 5.41) is 15.1. The summed E-state index contributed by atoms with van der Waals surface area (Å²) in [5.74, 6) is -0.104. The molecule has 7 heteroatoms. The van der Waals surface area contributed by atoms with Crippen LogP contribution in [0.4, 0.5) is 5.69 Å². The van der Waals surface area contributed by atoms with E-state index in [1.165, 1.54) is 12.1 Å². The molecule has 104 valence electrons. The van der Waals surface area contributed by atoms with E-state index < -0.39 is 0 Å². The van der Waals surface area contributed by atoms with Gasteiger partial charge >= 0.3 is 0 Å². The lowest BCUT2D eigenvalue weighted by Gasteiger charge is -2.11. The van der Waals surface area contributed by atoms with Crippen molar-refractivity contribution >= 4 is 52.1 Å². The first-order chi connectivity index (χ1) is 8.79. The van der Waals surface area contributed by atoms with Gasteiger partial charge in [0.15, 0.2) is 10.9 Å². The van der Waals surface area contributed by atoms with Gasteiger partial charge < -0.3 is 15.7 Å². The number of hydrogen-bond donors (Lipinski definition) is 3. The number of anilines is 1. The zero-order chi connectivity index (χ0) is 14.6. The second-order valence-corrected chi connectivity index (χ2v) is 5.61. The number of nitrogens with one attached hydrogen (secondary N) is 2. The quantitative estimate of drug-likeness (QED) is 0.588. The van der Waals surface area contributed by atoms with Gasteiger partial charge in [-0.3, -0.25) is 4.79 Å². The van der Waals surface area contributed by atoms with Gasteiger partial charge in [0.1, 0.15) is 0 Å². The normalized spacial score (nSPS) is 10.4. The molecule has 0 spiro atoms. The fourth-order valence-electron chi connectivity index (χ4n) is 1.35. The average Bonchev–Trinajstić information content (AvgIpc) is 2.23. The fourth-order valence-corrected chi connectivity index (χ4v) is 2.07. The lowest BCUT2D eigenvalue weighted by atomic mass is 10.1. The summed E-state index contributed by atoms with van der Waals surface area (Å²) >= 11 is 16.5. The summed E-state index contributed by atoms with van der Waals surface area (Å²) in [5.41, 5.74) is 0.489. The summed E-state index contributed by atoms with van der Waals surface area (Å²) in [6, 6.07) is 2.92. The van der Waals surface area contributed by atoms with Crippen molar-refractivity contribution in [2.75, 3.05) is 5.32 Å². The maximum atomic E-state index is 11.5. The van der Waals surface area contributed by atoms with Gasteiger partial charge in [0, 0.05) is 12.1 Å². The van der Waals surface area contributed by atoms with Crippen molar-refractivity contribution in [3.8, 4) is 5.75 Å². The highest BCUT2D eigenvalue weighted by atomic mass is 35.5. The van der Waals surface area contributed by atoms with Crippen molar-refractivity contribution < 1.29 is 9.90 Å². The zero-order valence-corrected chi connectivity index (χ0v) is 12.8. The lowest BCUT2D eigenvalue weighted by Crippen LogP contribution is -2.34. The highest BCUT2D eigenvalue weighted by Gasteiger charge is 2.10. The third kappa shape index (κ3) is 5.22. The van der Waals surface area contributed by atoms with E-state index in [4.69, 9.17) is 35.4 Å². The zero-order valence-electron chi connectivity index (χ0n) is 10.5. The first-order valence-corrected chi connectivity index (χ1v) is 6.75. The first kappa shape index (κ1) is 16.0. The second-order valence-electron chi connectivity index (χ2n) is 4.39. The van der Waals surface area contributed by atoms with Crippen LogP contribution in [-0.2, 0) is 4.79 Å². The Bertz CT molecular complexity index is 483. The van der Waals surface area contributed by atoms with Crippen molar-refractivity contribution in [2.45, 2.75) is 20.3 Å². The number of carbonyl (C=O) groups excluding carboxylic acids is 1. The third-order valence-corrected chi connectivity index (χ3v) is 2.90. The van der Waals surface area contributed by atoms with Crippen LogP contribution in [0.15, 0.2) is 12.1 Å². The van der Waals surface area contributed by atoms with Crippen LogP contribution in [-0.4, -0.2) is 16.1 Å². The Labute approximate surface area is 127 Å². The molecule has 0 heterocycles. The molecule has 0 bridgehead atoms. The van der Waals surface area contributed by atoms with Crippen LogP contribution < -0.4 is 10.6 Å². The first-order valence-electron chi connectivity index (χ1n) is 5.58. The number of amides is 1. The number of carbonyl (C=O) groups is 1. The molecule has 1 amide bonds. The monoisotopic (exact) mass is 320 g/mol. The average molecular weight is 321 g/mol. The maximum Gasteiger partial charge on any atom is 0.226 e. The van der Waals surface area contributed by atoms with Crippen molar-refractivity contribution in [1.29, 1.82) is 0 Å². The number of halogens is 2. The molecule has 1 aromatic rings. The lowest BCUT2D eigenvalue weighted by molar-refractivity contribution is -0.120. The molecule has 3 N–H and O–H groups in total. The Morgan fingerprint density at radius 2 is 1.89 bits per heavy atom. The van der Waals surface area contributed by atoms with Crippen LogP contribution in [0.5, 0.6) is 5.75 Å². The predicted octanol–water partition coefficient (Wildman–Crippen LogP) is 3.56. The third-order valence-electron chi connectivity index (χ3n) is 2.12. The van der Waals surface area contributed by atoms with Crippen LogP contribution in [0.2, 0.25) is 10.0 Å². The number of aromatic hydroxyl groups is 1. The number of thiocarbonyl (C=S) groups is 1. The molecule has 0 aliphatic rings. The van der Waals surface area contributed by atoms with E-state index in [0.29, 0.717) is 12.1 Å². The van der Waals surface area contributed by atoms with E-state index in [-0.39, 0.29) is 32.7 Å². The molecular formula is C12H14Cl2N2O2S. The van der Waals surface area contributed by atoms with Crippen molar-refractivity contribution in [3.63, 3.8) is 0 Å². The number of hydrogen-bond acceptors (Lipinski definition) is 3. The molecule has 19 heavy (non-hydrogen) atoms. The van der Waals surface area contributed by atoms with E-state index in [9.17, 15) is 9.90 Å². The van der Waals surface area contributed by atoms with E-state index in [0.717, 1.165) is 0 Å².